The molecule has 13 heavy (non-hydrogen) atoms. The molecule has 0 aromatic heterocycles. The minimum absolute atomic E-state index is 0.349. The van der Waals surface area contributed by atoms with Gasteiger partial charge in [-0.1, -0.05) is 37.6 Å². The molecule has 0 amide bonds. The van der Waals surface area contributed by atoms with Gasteiger partial charge in [0.1, 0.15) is 0 Å². The van der Waals surface area contributed by atoms with Crippen LogP contribution in [-0.4, -0.2) is 11.1 Å². The molecule has 0 spiro atoms. The highest BCUT2D eigenvalue weighted by Crippen LogP contribution is 2.09. The van der Waals surface area contributed by atoms with E-state index in [2.05, 4.69) is 0 Å². The van der Waals surface area contributed by atoms with Crippen LogP contribution in [0, 0.1) is 0 Å². The number of rotatable bonds is 1. The van der Waals surface area contributed by atoms with Gasteiger partial charge >= 0.3 is 5.97 Å². The third-order valence-electron chi connectivity index (χ3n) is 1.53. The molecule has 2 heteroatoms. The molecule has 0 saturated heterocycles. The van der Waals surface area contributed by atoms with Gasteiger partial charge in [-0.3, -0.25) is 0 Å². The fourth-order valence-corrected chi connectivity index (χ4v) is 0.870. The van der Waals surface area contributed by atoms with Crippen LogP contribution in [0.5, 0.6) is 0 Å². The maximum Gasteiger partial charge on any atom is 0.335 e. The molecule has 0 aromatic carbocycles. The number of carbonyl (C=O) groups is 1. The van der Waals surface area contributed by atoms with E-state index in [1.165, 1.54) is 5.57 Å². The van der Waals surface area contributed by atoms with Crippen molar-refractivity contribution in [3.63, 3.8) is 0 Å². The molecule has 72 valence electrons. The maximum absolute atomic E-state index is 10.5. The average Bonchev–Trinajstić information content (AvgIpc) is 2.33. The maximum atomic E-state index is 10.5. The van der Waals surface area contributed by atoms with Gasteiger partial charge in [-0.25, -0.2) is 4.79 Å². The van der Waals surface area contributed by atoms with Crippen LogP contribution >= 0.6 is 0 Å². The van der Waals surface area contributed by atoms with Crippen LogP contribution in [-0.2, 0) is 4.79 Å². The zero-order valence-electron chi connectivity index (χ0n) is 8.37. The largest absolute Gasteiger partial charge is 0.478 e. The Morgan fingerprint density at radius 2 is 2.00 bits per heavy atom. The Kier molecular flexibility index (Phi) is 5.60. The zero-order valence-corrected chi connectivity index (χ0v) is 8.37. The highest BCUT2D eigenvalue weighted by Gasteiger charge is 2.02. The number of carboxylic acids is 1. The van der Waals surface area contributed by atoms with E-state index in [-0.39, 0.29) is 0 Å². The van der Waals surface area contributed by atoms with Crippen molar-refractivity contribution in [1.29, 1.82) is 0 Å². The Balaban J connectivity index is 0.000000671. The summed E-state index contributed by atoms with van der Waals surface area (Å²) in [6, 6.07) is 0. The standard InChI is InChI=1S/C9H10O2.C2H6/c1-7-3-2-4-8(6-5-7)9(10)11;1-2/h2,4-6H,3H2,1H3,(H,10,11);1-2H3. The molecule has 1 rings (SSSR count). The second-order valence-electron chi connectivity index (χ2n) is 2.55. The van der Waals surface area contributed by atoms with E-state index >= 15 is 0 Å². The lowest BCUT2D eigenvalue weighted by atomic mass is 10.2. The van der Waals surface area contributed by atoms with Gasteiger partial charge in [0.25, 0.3) is 0 Å². The first-order valence-electron chi connectivity index (χ1n) is 4.47. The molecule has 2 nitrogen and oxygen atoms in total. The summed E-state index contributed by atoms with van der Waals surface area (Å²) in [5.74, 6) is -0.868. The Bertz CT molecular complexity index is 257. The molecule has 1 aliphatic rings. The van der Waals surface area contributed by atoms with Gasteiger partial charge in [0, 0.05) is 0 Å². The van der Waals surface area contributed by atoms with Gasteiger partial charge in [-0.05, 0) is 19.4 Å². The lowest BCUT2D eigenvalue weighted by Gasteiger charge is -1.87. The normalized spacial score (nSPS) is 14.7. The topological polar surface area (TPSA) is 37.3 Å². The average molecular weight is 180 g/mol. The van der Waals surface area contributed by atoms with Crippen LogP contribution in [0.15, 0.2) is 35.5 Å². The predicted molar refractivity (Wildman–Crippen MR) is 54.6 cm³/mol. The first-order chi connectivity index (χ1) is 6.20. The Labute approximate surface area is 79.3 Å². The van der Waals surface area contributed by atoms with Crippen LogP contribution < -0.4 is 0 Å². The van der Waals surface area contributed by atoms with E-state index in [0.717, 1.165) is 6.42 Å². The van der Waals surface area contributed by atoms with Gasteiger partial charge < -0.3 is 5.11 Å². The second-order valence-corrected chi connectivity index (χ2v) is 2.55. The number of allylic oxidation sites excluding steroid dienone is 4. The highest BCUT2D eigenvalue weighted by atomic mass is 16.4. The number of hydrogen-bond acceptors (Lipinski definition) is 1. The number of aliphatic carboxylic acids is 1. The lowest BCUT2D eigenvalue weighted by Crippen LogP contribution is -1.95. The Hall–Kier alpha value is -1.31. The van der Waals surface area contributed by atoms with E-state index in [0.29, 0.717) is 5.57 Å². The van der Waals surface area contributed by atoms with Gasteiger partial charge in [-0.15, -0.1) is 0 Å². The molecule has 0 saturated carbocycles. The minimum Gasteiger partial charge on any atom is -0.478 e. The number of carboxylic acid groups (broad SMARTS) is 1. The molecule has 0 atom stereocenters. The fraction of sp³-hybridized carbons (Fsp3) is 0.364. The molecule has 0 fully saturated rings. The van der Waals surface area contributed by atoms with Crippen molar-refractivity contribution in [3.8, 4) is 0 Å². The third kappa shape index (κ3) is 4.31. The number of hydrogen-bond donors (Lipinski definition) is 1. The molecule has 0 aromatic rings. The molecule has 0 unspecified atom stereocenters. The van der Waals surface area contributed by atoms with E-state index in [1.54, 1.807) is 12.2 Å². The van der Waals surface area contributed by atoms with Crippen LogP contribution in [0.4, 0.5) is 0 Å². The smallest absolute Gasteiger partial charge is 0.335 e. The first-order valence-corrected chi connectivity index (χ1v) is 4.47. The second kappa shape index (κ2) is 6.23. The van der Waals surface area contributed by atoms with Crippen molar-refractivity contribution in [3.05, 3.63) is 35.5 Å². The SMILES string of the molecule is CC.CC1=CC=C(C(=O)O)C=CC1. The van der Waals surface area contributed by atoms with Crippen molar-refractivity contribution in [2.45, 2.75) is 27.2 Å². The van der Waals surface area contributed by atoms with Crippen molar-refractivity contribution in [2.24, 2.45) is 0 Å². The summed E-state index contributed by atoms with van der Waals surface area (Å²) >= 11 is 0. The van der Waals surface area contributed by atoms with Crippen molar-refractivity contribution in [1.82, 2.24) is 0 Å². The summed E-state index contributed by atoms with van der Waals surface area (Å²) in [6.07, 6.45) is 7.80. The summed E-state index contributed by atoms with van der Waals surface area (Å²) in [6.45, 7) is 5.98. The van der Waals surface area contributed by atoms with Crippen LogP contribution in [0.3, 0.4) is 0 Å². The molecule has 0 bridgehead atoms. The monoisotopic (exact) mass is 180 g/mol. The minimum atomic E-state index is -0.868. The van der Waals surface area contributed by atoms with Gasteiger partial charge in [0.15, 0.2) is 0 Å². The molecular weight excluding hydrogens is 164 g/mol. The lowest BCUT2D eigenvalue weighted by molar-refractivity contribution is -0.132. The van der Waals surface area contributed by atoms with Crippen LogP contribution in [0.1, 0.15) is 27.2 Å². The van der Waals surface area contributed by atoms with E-state index in [1.807, 2.05) is 32.9 Å². The molecule has 0 radical (unpaired) electrons. The van der Waals surface area contributed by atoms with E-state index in [9.17, 15) is 4.79 Å². The molecule has 0 heterocycles. The molecular formula is C11H16O2. The van der Waals surface area contributed by atoms with E-state index in [4.69, 9.17) is 5.11 Å². The summed E-state index contributed by atoms with van der Waals surface area (Å²) in [7, 11) is 0. The Morgan fingerprint density at radius 3 is 2.54 bits per heavy atom. The quantitative estimate of drug-likeness (QED) is 0.673. The molecule has 0 aliphatic heterocycles. The van der Waals surface area contributed by atoms with Crippen LogP contribution in [0.25, 0.3) is 0 Å². The highest BCUT2D eigenvalue weighted by molar-refractivity contribution is 5.90. The van der Waals surface area contributed by atoms with E-state index < -0.39 is 5.97 Å². The molecule has 1 N–H and O–H groups in total. The first kappa shape index (κ1) is 11.7. The zero-order chi connectivity index (χ0) is 10.3. The third-order valence-corrected chi connectivity index (χ3v) is 1.53. The summed E-state index contributed by atoms with van der Waals surface area (Å²) in [5.41, 5.74) is 1.53. The predicted octanol–water partition coefficient (Wildman–Crippen LogP) is 2.93. The van der Waals surface area contributed by atoms with Crippen molar-refractivity contribution in [2.75, 3.05) is 0 Å². The molecule has 1 aliphatic carbocycles. The van der Waals surface area contributed by atoms with Gasteiger partial charge in [0.2, 0.25) is 0 Å². The Morgan fingerprint density at radius 1 is 1.38 bits per heavy atom. The van der Waals surface area contributed by atoms with Crippen molar-refractivity contribution >= 4 is 5.97 Å². The van der Waals surface area contributed by atoms with Crippen molar-refractivity contribution < 1.29 is 9.90 Å². The van der Waals surface area contributed by atoms with Gasteiger partial charge in [-0.2, -0.15) is 0 Å². The summed E-state index contributed by atoms with van der Waals surface area (Å²) in [4.78, 5) is 10.5. The fourth-order valence-electron chi connectivity index (χ4n) is 0.870. The summed E-state index contributed by atoms with van der Waals surface area (Å²) < 4.78 is 0. The summed E-state index contributed by atoms with van der Waals surface area (Å²) in [5, 5.41) is 8.60. The van der Waals surface area contributed by atoms with Crippen LogP contribution in [0.2, 0.25) is 0 Å². The van der Waals surface area contributed by atoms with Gasteiger partial charge in [0.05, 0.1) is 5.57 Å².